The minimum atomic E-state index is -3.56. The number of benzene rings is 2. The van der Waals surface area contributed by atoms with E-state index in [1.807, 2.05) is 12.1 Å². The summed E-state index contributed by atoms with van der Waals surface area (Å²) in [4.78, 5) is 14.3. The number of rotatable bonds is 6. The second kappa shape index (κ2) is 9.15. The molecule has 1 fully saturated rings. The second-order valence-electron chi connectivity index (χ2n) is 7.25. The van der Waals surface area contributed by atoms with E-state index >= 15 is 0 Å². The number of amides is 1. The number of nitrogens with zero attached hydrogens (tertiary/aromatic N) is 2. The summed E-state index contributed by atoms with van der Waals surface area (Å²) in [6.07, 6.45) is 0. The number of carbonyl (C=O) groups is 1. The van der Waals surface area contributed by atoms with Gasteiger partial charge in [0.2, 0.25) is 10.0 Å². The molecule has 0 spiro atoms. The van der Waals surface area contributed by atoms with Crippen LogP contribution < -0.4 is 4.74 Å². The van der Waals surface area contributed by atoms with Crippen LogP contribution in [-0.2, 0) is 14.8 Å². The van der Waals surface area contributed by atoms with Crippen LogP contribution >= 0.6 is 11.6 Å². The van der Waals surface area contributed by atoms with Crippen LogP contribution in [0, 0.1) is 0 Å². The minimum Gasteiger partial charge on any atom is -0.484 e. The number of sulfonamides is 1. The summed E-state index contributed by atoms with van der Waals surface area (Å²) in [7, 11) is -3.56. The third-order valence-electron chi connectivity index (χ3n) is 4.95. The number of halogens is 1. The summed E-state index contributed by atoms with van der Waals surface area (Å²) in [6, 6.07) is 13.8. The van der Waals surface area contributed by atoms with Gasteiger partial charge in [-0.2, -0.15) is 4.31 Å². The monoisotopic (exact) mass is 436 g/mol. The average molecular weight is 437 g/mol. The van der Waals surface area contributed by atoms with Gasteiger partial charge < -0.3 is 9.64 Å². The fraction of sp³-hybridized carbons (Fsp3) is 0.381. The number of piperazine rings is 1. The highest BCUT2D eigenvalue weighted by Gasteiger charge is 2.30. The number of hydrogen-bond acceptors (Lipinski definition) is 4. The smallest absolute Gasteiger partial charge is 0.260 e. The van der Waals surface area contributed by atoms with Gasteiger partial charge in [0.05, 0.1) is 4.90 Å². The van der Waals surface area contributed by atoms with Crippen molar-refractivity contribution in [1.29, 1.82) is 0 Å². The first-order valence-electron chi connectivity index (χ1n) is 9.53. The van der Waals surface area contributed by atoms with E-state index in [1.165, 1.54) is 4.31 Å². The largest absolute Gasteiger partial charge is 0.484 e. The van der Waals surface area contributed by atoms with E-state index in [0.29, 0.717) is 29.8 Å². The lowest BCUT2D eigenvalue weighted by Crippen LogP contribution is -2.51. The molecular weight excluding hydrogens is 412 g/mol. The molecule has 1 aliphatic rings. The van der Waals surface area contributed by atoms with E-state index in [-0.39, 0.29) is 30.5 Å². The van der Waals surface area contributed by atoms with Crippen molar-refractivity contribution < 1.29 is 17.9 Å². The third-order valence-corrected chi connectivity index (χ3v) is 7.12. The van der Waals surface area contributed by atoms with E-state index in [1.54, 1.807) is 41.3 Å². The van der Waals surface area contributed by atoms with Crippen LogP contribution in [0.2, 0.25) is 5.02 Å². The molecule has 1 saturated heterocycles. The van der Waals surface area contributed by atoms with E-state index in [9.17, 15) is 13.2 Å². The maximum Gasteiger partial charge on any atom is 0.260 e. The maximum atomic E-state index is 12.9. The molecule has 6 nitrogen and oxygen atoms in total. The van der Waals surface area contributed by atoms with Gasteiger partial charge in [-0.3, -0.25) is 4.79 Å². The molecule has 0 radical (unpaired) electrons. The predicted molar refractivity (Wildman–Crippen MR) is 113 cm³/mol. The molecule has 0 aliphatic carbocycles. The lowest BCUT2D eigenvalue weighted by Gasteiger charge is -2.34. The van der Waals surface area contributed by atoms with Crippen LogP contribution in [0.4, 0.5) is 0 Å². The summed E-state index contributed by atoms with van der Waals surface area (Å²) in [5.74, 6) is 0.739. The Morgan fingerprint density at radius 2 is 1.59 bits per heavy atom. The van der Waals surface area contributed by atoms with Gasteiger partial charge >= 0.3 is 0 Å². The van der Waals surface area contributed by atoms with Gasteiger partial charge in [-0.1, -0.05) is 37.6 Å². The van der Waals surface area contributed by atoms with Crippen molar-refractivity contribution in [2.45, 2.75) is 24.7 Å². The number of hydrogen-bond donors (Lipinski definition) is 0. The Kier molecular flexibility index (Phi) is 6.82. The van der Waals surface area contributed by atoms with Crippen LogP contribution in [0.1, 0.15) is 25.3 Å². The van der Waals surface area contributed by atoms with Gasteiger partial charge in [0.15, 0.2) is 6.61 Å². The molecule has 3 rings (SSSR count). The van der Waals surface area contributed by atoms with Crippen molar-refractivity contribution >= 4 is 27.5 Å². The van der Waals surface area contributed by atoms with E-state index in [4.69, 9.17) is 16.3 Å². The Bertz CT molecular complexity index is 936. The summed E-state index contributed by atoms with van der Waals surface area (Å²) < 4.78 is 32.7. The summed E-state index contributed by atoms with van der Waals surface area (Å²) in [5, 5.41) is 0.597. The van der Waals surface area contributed by atoms with Gasteiger partial charge in [0.1, 0.15) is 5.75 Å². The summed E-state index contributed by atoms with van der Waals surface area (Å²) >= 11 is 5.83. The van der Waals surface area contributed by atoms with Crippen molar-refractivity contribution in [3.8, 4) is 5.75 Å². The standard InChI is InChI=1S/C21H25ClN2O4S/c1-16(2)17-3-9-20(10-4-17)29(26,27)24-13-11-23(12-14-24)21(25)15-28-19-7-5-18(22)6-8-19/h3-10,16H,11-15H2,1-2H3. The molecule has 0 bridgehead atoms. The van der Waals surface area contributed by atoms with Crippen LogP contribution in [-0.4, -0.2) is 56.3 Å². The van der Waals surface area contributed by atoms with Crippen LogP contribution in [0.5, 0.6) is 5.75 Å². The molecule has 0 unspecified atom stereocenters. The second-order valence-corrected chi connectivity index (χ2v) is 9.63. The zero-order valence-corrected chi connectivity index (χ0v) is 18.1. The zero-order chi connectivity index (χ0) is 21.0. The maximum absolute atomic E-state index is 12.9. The fourth-order valence-electron chi connectivity index (χ4n) is 3.12. The van der Waals surface area contributed by atoms with E-state index < -0.39 is 10.0 Å². The molecule has 29 heavy (non-hydrogen) atoms. The highest BCUT2D eigenvalue weighted by Crippen LogP contribution is 2.21. The molecule has 1 heterocycles. The normalized spacial score (nSPS) is 15.5. The zero-order valence-electron chi connectivity index (χ0n) is 16.5. The van der Waals surface area contributed by atoms with Gasteiger partial charge in [0.25, 0.3) is 5.91 Å². The Labute approximate surface area is 177 Å². The Balaban J connectivity index is 1.54. The van der Waals surface area contributed by atoms with Crippen molar-refractivity contribution in [2.75, 3.05) is 32.8 Å². The molecule has 0 atom stereocenters. The van der Waals surface area contributed by atoms with Crippen molar-refractivity contribution in [3.63, 3.8) is 0 Å². The van der Waals surface area contributed by atoms with Crippen molar-refractivity contribution in [2.24, 2.45) is 0 Å². The van der Waals surface area contributed by atoms with Crippen LogP contribution in [0.25, 0.3) is 0 Å². The van der Waals surface area contributed by atoms with Crippen molar-refractivity contribution in [1.82, 2.24) is 9.21 Å². The molecule has 0 aromatic heterocycles. The first-order chi connectivity index (χ1) is 13.8. The first kappa shape index (κ1) is 21.6. The minimum absolute atomic E-state index is 0.0922. The van der Waals surface area contributed by atoms with Gasteiger partial charge in [-0.05, 0) is 47.9 Å². The molecule has 0 saturated carbocycles. The average Bonchev–Trinajstić information content (AvgIpc) is 2.73. The molecule has 1 amide bonds. The lowest BCUT2D eigenvalue weighted by atomic mass is 10.0. The first-order valence-corrected chi connectivity index (χ1v) is 11.4. The molecule has 8 heteroatoms. The molecule has 0 N–H and O–H groups in total. The highest BCUT2D eigenvalue weighted by atomic mass is 35.5. The molecule has 1 aliphatic heterocycles. The topological polar surface area (TPSA) is 66.9 Å². The molecule has 2 aromatic carbocycles. The third kappa shape index (κ3) is 5.29. The summed E-state index contributed by atoms with van der Waals surface area (Å²) in [6.45, 7) is 5.25. The van der Waals surface area contributed by atoms with Gasteiger partial charge in [-0.15, -0.1) is 0 Å². The number of carbonyl (C=O) groups excluding carboxylic acids is 1. The molecular formula is C21H25ClN2O4S. The summed E-state index contributed by atoms with van der Waals surface area (Å²) in [5.41, 5.74) is 1.10. The van der Waals surface area contributed by atoms with Crippen molar-refractivity contribution in [3.05, 3.63) is 59.1 Å². The number of ether oxygens (including phenoxy) is 1. The lowest BCUT2D eigenvalue weighted by molar-refractivity contribution is -0.134. The van der Waals surface area contributed by atoms with E-state index in [0.717, 1.165) is 5.56 Å². The van der Waals surface area contributed by atoms with Crippen LogP contribution in [0.3, 0.4) is 0 Å². The van der Waals surface area contributed by atoms with Crippen LogP contribution in [0.15, 0.2) is 53.4 Å². The molecule has 2 aromatic rings. The SMILES string of the molecule is CC(C)c1ccc(S(=O)(=O)N2CCN(C(=O)COc3ccc(Cl)cc3)CC2)cc1. The quantitative estimate of drug-likeness (QED) is 0.696. The Morgan fingerprint density at radius 1 is 1.00 bits per heavy atom. The Hall–Kier alpha value is -2.09. The van der Waals surface area contributed by atoms with E-state index in [2.05, 4.69) is 13.8 Å². The molecule has 156 valence electrons. The highest BCUT2D eigenvalue weighted by molar-refractivity contribution is 7.89. The Morgan fingerprint density at radius 3 is 2.14 bits per heavy atom. The predicted octanol–water partition coefficient (Wildman–Crippen LogP) is 3.38. The fourth-order valence-corrected chi connectivity index (χ4v) is 4.67. The van der Waals surface area contributed by atoms with Gasteiger partial charge in [0, 0.05) is 31.2 Å². The van der Waals surface area contributed by atoms with Gasteiger partial charge in [-0.25, -0.2) is 8.42 Å².